The van der Waals surface area contributed by atoms with E-state index in [2.05, 4.69) is 58.6 Å². The fourth-order valence-electron chi connectivity index (χ4n) is 4.36. The lowest BCUT2D eigenvalue weighted by atomic mass is 9.59. The van der Waals surface area contributed by atoms with Crippen LogP contribution in [-0.2, 0) is 4.79 Å². The van der Waals surface area contributed by atoms with Crippen molar-refractivity contribution >= 4 is 17.7 Å². The molecule has 0 radical (unpaired) electrons. The number of amides is 1. The van der Waals surface area contributed by atoms with Crippen LogP contribution >= 0.6 is 11.8 Å². The highest BCUT2D eigenvalue weighted by molar-refractivity contribution is 7.99. The standard InChI is InChI=1S/C20H37NOS/c1-17(2,3)9-10-21-16(22)11-19-7-8-20(12-19,13-19)15-23-14-18(4,5)6/h7-15H2,1-6H3,(H,21,22). The van der Waals surface area contributed by atoms with Gasteiger partial charge in [0.2, 0.25) is 5.91 Å². The quantitative estimate of drug-likeness (QED) is 0.684. The van der Waals surface area contributed by atoms with Gasteiger partial charge >= 0.3 is 0 Å². The van der Waals surface area contributed by atoms with E-state index in [1.54, 1.807) is 0 Å². The Balaban J connectivity index is 1.68. The van der Waals surface area contributed by atoms with E-state index in [-0.39, 0.29) is 5.91 Å². The molecule has 0 aromatic heterocycles. The van der Waals surface area contributed by atoms with Crippen LogP contribution in [0, 0.1) is 21.7 Å². The average Bonchev–Trinajstić information content (AvgIpc) is 2.80. The molecule has 0 heterocycles. The molecule has 23 heavy (non-hydrogen) atoms. The zero-order valence-electron chi connectivity index (χ0n) is 16.2. The number of fused-ring (bicyclic) bond motifs is 1. The summed E-state index contributed by atoms with van der Waals surface area (Å²) in [6.07, 6.45) is 7.03. The van der Waals surface area contributed by atoms with Gasteiger partial charge < -0.3 is 5.32 Å². The van der Waals surface area contributed by atoms with Crippen LogP contribution < -0.4 is 5.32 Å². The Bertz CT molecular complexity index is 424. The summed E-state index contributed by atoms with van der Waals surface area (Å²) in [7, 11) is 0. The van der Waals surface area contributed by atoms with E-state index in [4.69, 9.17) is 0 Å². The van der Waals surface area contributed by atoms with Gasteiger partial charge in [0, 0.05) is 13.0 Å². The van der Waals surface area contributed by atoms with Gasteiger partial charge in [0.15, 0.2) is 0 Å². The summed E-state index contributed by atoms with van der Waals surface area (Å²) < 4.78 is 0. The van der Waals surface area contributed by atoms with Crippen LogP contribution in [0.15, 0.2) is 0 Å². The van der Waals surface area contributed by atoms with Crippen LogP contribution in [0.25, 0.3) is 0 Å². The minimum atomic E-state index is 0.284. The smallest absolute Gasteiger partial charge is 0.220 e. The van der Waals surface area contributed by atoms with Gasteiger partial charge in [-0.05, 0) is 65.3 Å². The van der Waals surface area contributed by atoms with Crippen LogP contribution in [0.2, 0.25) is 0 Å². The van der Waals surface area contributed by atoms with Crippen molar-refractivity contribution < 1.29 is 4.79 Å². The minimum absolute atomic E-state index is 0.284. The van der Waals surface area contributed by atoms with Crippen molar-refractivity contribution in [2.45, 2.75) is 80.1 Å². The highest BCUT2D eigenvalue weighted by atomic mass is 32.2. The maximum Gasteiger partial charge on any atom is 0.220 e. The van der Waals surface area contributed by atoms with Crippen LogP contribution in [0.3, 0.4) is 0 Å². The fraction of sp³-hybridized carbons (Fsp3) is 0.950. The van der Waals surface area contributed by atoms with Gasteiger partial charge in [0.1, 0.15) is 0 Å². The Morgan fingerprint density at radius 3 is 2.17 bits per heavy atom. The molecule has 0 saturated heterocycles. The second-order valence-electron chi connectivity index (χ2n) is 10.7. The molecule has 3 aliphatic carbocycles. The van der Waals surface area contributed by atoms with Gasteiger partial charge in [0.25, 0.3) is 0 Å². The molecule has 0 spiro atoms. The van der Waals surface area contributed by atoms with Crippen LogP contribution in [0.5, 0.6) is 0 Å². The number of rotatable bonds is 7. The first-order chi connectivity index (χ1) is 10.4. The summed E-state index contributed by atoms with van der Waals surface area (Å²) in [5.74, 6) is 2.83. The topological polar surface area (TPSA) is 29.1 Å². The third-order valence-electron chi connectivity index (χ3n) is 5.36. The average molecular weight is 340 g/mol. The van der Waals surface area contributed by atoms with E-state index in [1.165, 1.54) is 37.2 Å². The number of carbonyl (C=O) groups is 1. The summed E-state index contributed by atoms with van der Waals surface area (Å²) in [6, 6.07) is 0. The third-order valence-corrected chi connectivity index (χ3v) is 7.25. The summed E-state index contributed by atoms with van der Waals surface area (Å²) in [5, 5.41) is 3.15. The van der Waals surface area contributed by atoms with E-state index < -0.39 is 0 Å². The molecule has 3 saturated carbocycles. The number of hydrogen-bond donors (Lipinski definition) is 1. The van der Waals surface area contributed by atoms with Crippen molar-refractivity contribution in [3.63, 3.8) is 0 Å². The normalized spacial score (nSPS) is 30.2. The van der Waals surface area contributed by atoms with E-state index >= 15 is 0 Å². The molecule has 0 aliphatic heterocycles. The molecular weight excluding hydrogens is 302 g/mol. The number of nitrogens with one attached hydrogen (secondary N) is 1. The molecule has 3 heteroatoms. The largest absolute Gasteiger partial charge is 0.356 e. The first-order valence-corrected chi connectivity index (χ1v) is 10.4. The van der Waals surface area contributed by atoms with Crippen LogP contribution in [0.1, 0.15) is 80.1 Å². The molecule has 0 aromatic carbocycles. The second-order valence-corrected chi connectivity index (χ2v) is 11.7. The minimum Gasteiger partial charge on any atom is -0.356 e. The van der Waals surface area contributed by atoms with Crippen molar-refractivity contribution in [3.05, 3.63) is 0 Å². The Morgan fingerprint density at radius 1 is 1.00 bits per heavy atom. The Hall–Kier alpha value is -0.180. The van der Waals surface area contributed by atoms with E-state index in [0.717, 1.165) is 19.4 Å². The molecule has 0 atom stereocenters. The Kier molecular flexibility index (Phi) is 5.51. The van der Waals surface area contributed by atoms with Crippen molar-refractivity contribution in [1.29, 1.82) is 0 Å². The van der Waals surface area contributed by atoms with Gasteiger partial charge in [-0.2, -0.15) is 11.8 Å². The second kappa shape index (κ2) is 6.61. The lowest BCUT2D eigenvalue weighted by Crippen LogP contribution is -2.42. The molecule has 2 nitrogen and oxygen atoms in total. The van der Waals surface area contributed by atoms with Crippen LogP contribution in [0.4, 0.5) is 0 Å². The van der Waals surface area contributed by atoms with Gasteiger partial charge in [-0.1, -0.05) is 41.5 Å². The molecule has 1 N–H and O–H groups in total. The zero-order valence-corrected chi connectivity index (χ0v) is 17.0. The van der Waals surface area contributed by atoms with Gasteiger partial charge in [0.05, 0.1) is 0 Å². The van der Waals surface area contributed by atoms with Crippen molar-refractivity contribution in [2.75, 3.05) is 18.1 Å². The third kappa shape index (κ3) is 5.69. The maximum absolute atomic E-state index is 12.2. The van der Waals surface area contributed by atoms with Gasteiger partial charge in [-0.15, -0.1) is 0 Å². The fourth-order valence-corrected chi connectivity index (χ4v) is 5.86. The summed E-state index contributed by atoms with van der Waals surface area (Å²) in [5.41, 5.74) is 1.65. The number of thioether (sulfide) groups is 1. The molecule has 3 rings (SSSR count). The molecule has 0 aromatic rings. The van der Waals surface area contributed by atoms with E-state index in [0.29, 0.717) is 21.7 Å². The molecule has 2 bridgehead atoms. The molecule has 1 amide bonds. The first-order valence-electron chi connectivity index (χ1n) is 9.27. The molecule has 134 valence electrons. The van der Waals surface area contributed by atoms with Gasteiger partial charge in [-0.25, -0.2) is 0 Å². The van der Waals surface area contributed by atoms with Crippen LogP contribution in [-0.4, -0.2) is 24.0 Å². The summed E-state index contributed by atoms with van der Waals surface area (Å²) in [4.78, 5) is 12.2. The summed E-state index contributed by atoms with van der Waals surface area (Å²) >= 11 is 2.13. The number of carbonyl (C=O) groups excluding carboxylic acids is 1. The predicted octanol–water partition coefficient (Wildman–Crippen LogP) is 5.27. The summed E-state index contributed by atoms with van der Waals surface area (Å²) in [6.45, 7) is 14.5. The van der Waals surface area contributed by atoms with E-state index in [9.17, 15) is 4.79 Å². The SMILES string of the molecule is CC(C)(C)CCNC(=O)CC12CCC(CSCC(C)(C)C)(C1)C2. The molecule has 3 fully saturated rings. The maximum atomic E-state index is 12.2. The monoisotopic (exact) mass is 339 g/mol. The Labute approximate surface area is 147 Å². The predicted molar refractivity (Wildman–Crippen MR) is 102 cm³/mol. The highest BCUT2D eigenvalue weighted by Gasteiger charge is 2.60. The van der Waals surface area contributed by atoms with E-state index in [1.807, 2.05) is 0 Å². The molecule has 0 unspecified atom stereocenters. The first kappa shape index (κ1) is 19.1. The van der Waals surface area contributed by atoms with Crippen molar-refractivity contribution in [3.8, 4) is 0 Å². The van der Waals surface area contributed by atoms with Gasteiger partial charge in [-0.3, -0.25) is 4.79 Å². The highest BCUT2D eigenvalue weighted by Crippen LogP contribution is 2.69. The Morgan fingerprint density at radius 2 is 1.61 bits per heavy atom. The lowest BCUT2D eigenvalue weighted by molar-refractivity contribution is -0.125. The number of hydrogen-bond acceptors (Lipinski definition) is 2. The van der Waals surface area contributed by atoms with Crippen molar-refractivity contribution in [2.24, 2.45) is 21.7 Å². The molecular formula is C20H37NOS. The van der Waals surface area contributed by atoms with Crippen molar-refractivity contribution in [1.82, 2.24) is 5.32 Å². The zero-order chi connectivity index (χ0) is 17.4. The molecule has 3 aliphatic rings. The lowest BCUT2D eigenvalue weighted by Gasteiger charge is -2.47.